The molecule has 9 heteroatoms. The standard InChI is InChI=1S/C22H24N6OS2/c1-13(2)20-27-28-22(31-20)26-16(29)10-7-11-23-19-18-17(15-8-5-4-6-9-15)14(3)30-21(18)25-12-24-19/h4-6,8-9,12-13H,7,10-11H2,1-3H3,(H,23,24,25)(H,26,28,29). The molecule has 31 heavy (non-hydrogen) atoms. The van der Waals surface area contributed by atoms with Crippen molar-refractivity contribution in [1.29, 1.82) is 0 Å². The van der Waals surface area contributed by atoms with Gasteiger partial charge in [0.05, 0.1) is 5.39 Å². The Kier molecular flexibility index (Phi) is 6.53. The van der Waals surface area contributed by atoms with Crippen molar-refractivity contribution in [2.24, 2.45) is 0 Å². The van der Waals surface area contributed by atoms with Gasteiger partial charge >= 0.3 is 0 Å². The Labute approximate surface area is 189 Å². The maximum Gasteiger partial charge on any atom is 0.226 e. The van der Waals surface area contributed by atoms with E-state index < -0.39 is 0 Å². The molecule has 0 saturated carbocycles. The number of hydrogen-bond acceptors (Lipinski definition) is 8. The lowest BCUT2D eigenvalue weighted by Crippen LogP contribution is -2.13. The van der Waals surface area contributed by atoms with Gasteiger partial charge in [0.1, 0.15) is 22.0 Å². The molecular weight excluding hydrogens is 428 g/mol. The third-order valence-electron chi connectivity index (χ3n) is 4.78. The molecule has 2 N–H and O–H groups in total. The molecule has 0 saturated heterocycles. The highest BCUT2D eigenvalue weighted by molar-refractivity contribution is 7.19. The zero-order chi connectivity index (χ0) is 21.8. The average Bonchev–Trinajstić information content (AvgIpc) is 3.36. The van der Waals surface area contributed by atoms with Gasteiger partial charge in [0.25, 0.3) is 0 Å². The number of thiophene rings is 1. The Morgan fingerprint density at radius 2 is 1.90 bits per heavy atom. The minimum atomic E-state index is -0.0579. The molecule has 0 aliphatic rings. The zero-order valence-corrected chi connectivity index (χ0v) is 19.3. The summed E-state index contributed by atoms with van der Waals surface area (Å²) in [5, 5.41) is 16.9. The highest BCUT2D eigenvalue weighted by atomic mass is 32.1. The maximum atomic E-state index is 12.2. The van der Waals surface area contributed by atoms with E-state index in [-0.39, 0.29) is 5.91 Å². The first-order valence-electron chi connectivity index (χ1n) is 10.2. The molecule has 0 unspecified atom stereocenters. The summed E-state index contributed by atoms with van der Waals surface area (Å²) in [6, 6.07) is 10.3. The van der Waals surface area contributed by atoms with Crippen LogP contribution in [0.25, 0.3) is 21.3 Å². The summed E-state index contributed by atoms with van der Waals surface area (Å²) < 4.78 is 0. The summed E-state index contributed by atoms with van der Waals surface area (Å²) in [5.41, 5.74) is 2.32. The first-order valence-corrected chi connectivity index (χ1v) is 11.8. The number of aromatic nitrogens is 4. The molecule has 1 aromatic carbocycles. The molecular formula is C22H24N6OS2. The highest BCUT2D eigenvalue weighted by Crippen LogP contribution is 2.40. The fraction of sp³-hybridized carbons (Fsp3) is 0.318. The van der Waals surface area contributed by atoms with Crippen LogP contribution < -0.4 is 10.6 Å². The van der Waals surface area contributed by atoms with Gasteiger partial charge in [-0.2, -0.15) is 0 Å². The number of carbonyl (C=O) groups is 1. The number of nitrogens with zero attached hydrogens (tertiary/aromatic N) is 4. The molecule has 0 aliphatic heterocycles. The molecule has 0 radical (unpaired) electrons. The Bertz CT molecular complexity index is 1190. The number of benzene rings is 1. The molecule has 0 aliphatic carbocycles. The van der Waals surface area contributed by atoms with Crippen LogP contribution in [0.15, 0.2) is 36.7 Å². The van der Waals surface area contributed by atoms with Crippen LogP contribution in [0.5, 0.6) is 0 Å². The number of nitrogens with one attached hydrogen (secondary N) is 2. The minimum Gasteiger partial charge on any atom is -0.369 e. The first-order chi connectivity index (χ1) is 15.0. The van der Waals surface area contributed by atoms with E-state index in [4.69, 9.17) is 0 Å². The average molecular weight is 453 g/mol. The molecule has 3 aromatic heterocycles. The van der Waals surface area contributed by atoms with Crippen LogP contribution >= 0.6 is 22.7 Å². The molecule has 0 fully saturated rings. The number of amides is 1. The Morgan fingerprint density at radius 1 is 1.10 bits per heavy atom. The monoisotopic (exact) mass is 452 g/mol. The number of fused-ring (bicyclic) bond motifs is 1. The van der Waals surface area contributed by atoms with Crippen molar-refractivity contribution in [2.45, 2.75) is 39.5 Å². The maximum absolute atomic E-state index is 12.2. The van der Waals surface area contributed by atoms with Crippen molar-refractivity contribution < 1.29 is 4.79 Å². The lowest BCUT2D eigenvalue weighted by molar-refractivity contribution is -0.116. The Hall–Kier alpha value is -2.91. The fourth-order valence-corrected chi connectivity index (χ4v) is 5.06. The van der Waals surface area contributed by atoms with Gasteiger partial charge in [0.2, 0.25) is 11.0 Å². The van der Waals surface area contributed by atoms with Gasteiger partial charge in [-0.05, 0) is 18.9 Å². The Morgan fingerprint density at radius 3 is 2.65 bits per heavy atom. The van der Waals surface area contributed by atoms with E-state index in [9.17, 15) is 4.79 Å². The molecule has 1 amide bonds. The molecule has 7 nitrogen and oxygen atoms in total. The molecule has 4 rings (SSSR count). The van der Waals surface area contributed by atoms with Gasteiger partial charge in [-0.25, -0.2) is 9.97 Å². The van der Waals surface area contributed by atoms with Crippen LogP contribution in [0.1, 0.15) is 42.5 Å². The van der Waals surface area contributed by atoms with Gasteiger partial charge < -0.3 is 10.6 Å². The van der Waals surface area contributed by atoms with Gasteiger partial charge in [0, 0.05) is 29.3 Å². The number of anilines is 2. The summed E-state index contributed by atoms with van der Waals surface area (Å²) in [6.07, 6.45) is 2.66. The van der Waals surface area contributed by atoms with Crippen molar-refractivity contribution in [2.75, 3.05) is 17.2 Å². The number of carbonyl (C=O) groups excluding carboxylic acids is 1. The van der Waals surface area contributed by atoms with Crippen molar-refractivity contribution in [3.8, 4) is 11.1 Å². The quantitative estimate of drug-likeness (QED) is 0.344. The second kappa shape index (κ2) is 9.49. The zero-order valence-electron chi connectivity index (χ0n) is 17.7. The Balaban J connectivity index is 1.40. The predicted octanol–water partition coefficient (Wildman–Crippen LogP) is 5.47. The van der Waals surface area contributed by atoms with Crippen LogP contribution in [0, 0.1) is 6.92 Å². The molecule has 3 heterocycles. The van der Waals surface area contributed by atoms with Gasteiger partial charge in [0.15, 0.2) is 0 Å². The van der Waals surface area contributed by atoms with Crippen molar-refractivity contribution >= 4 is 49.7 Å². The van der Waals surface area contributed by atoms with Crippen molar-refractivity contribution in [1.82, 2.24) is 20.2 Å². The van der Waals surface area contributed by atoms with Crippen LogP contribution in [0.3, 0.4) is 0 Å². The second-order valence-corrected chi connectivity index (χ2v) is 9.69. The van der Waals surface area contributed by atoms with E-state index in [1.807, 2.05) is 18.2 Å². The fourth-order valence-electron chi connectivity index (χ4n) is 3.29. The molecule has 0 spiro atoms. The second-order valence-electron chi connectivity index (χ2n) is 7.48. The molecule has 0 atom stereocenters. The van der Waals surface area contributed by atoms with Crippen molar-refractivity contribution in [3.05, 3.63) is 46.5 Å². The van der Waals surface area contributed by atoms with E-state index in [0.29, 0.717) is 30.4 Å². The van der Waals surface area contributed by atoms with Gasteiger partial charge in [-0.3, -0.25) is 4.79 Å². The third kappa shape index (κ3) is 4.88. The molecule has 4 aromatic rings. The largest absolute Gasteiger partial charge is 0.369 e. The first kappa shape index (κ1) is 21.3. The van der Waals surface area contributed by atoms with E-state index in [1.54, 1.807) is 17.7 Å². The minimum absolute atomic E-state index is 0.0579. The number of aryl methyl sites for hydroxylation is 1. The van der Waals surface area contributed by atoms with Crippen LogP contribution in [0.2, 0.25) is 0 Å². The lowest BCUT2D eigenvalue weighted by atomic mass is 10.0. The van der Waals surface area contributed by atoms with Crippen LogP contribution in [0.4, 0.5) is 10.9 Å². The summed E-state index contributed by atoms with van der Waals surface area (Å²) in [5.74, 6) is 1.05. The summed E-state index contributed by atoms with van der Waals surface area (Å²) in [7, 11) is 0. The SMILES string of the molecule is Cc1sc2ncnc(NCCCC(=O)Nc3nnc(C(C)C)s3)c2c1-c1ccccc1. The number of rotatable bonds is 8. The highest BCUT2D eigenvalue weighted by Gasteiger charge is 2.16. The molecule has 160 valence electrons. The van der Waals surface area contributed by atoms with Gasteiger partial charge in [-0.15, -0.1) is 21.5 Å². The van der Waals surface area contributed by atoms with E-state index in [1.165, 1.54) is 21.8 Å². The van der Waals surface area contributed by atoms with Gasteiger partial charge in [-0.1, -0.05) is 55.5 Å². The normalized spacial score (nSPS) is 11.2. The summed E-state index contributed by atoms with van der Waals surface area (Å²) in [4.78, 5) is 23.3. The van der Waals surface area contributed by atoms with E-state index in [0.717, 1.165) is 26.6 Å². The van der Waals surface area contributed by atoms with E-state index in [2.05, 4.69) is 63.7 Å². The van der Waals surface area contributed by atoms with Crippen molar-refractivity contribution in [3.63, 3.8) is 0 Å². The predicted molar refractivity (Wildman–Crippen MR) is 128 cm³/mol. The topological polar surface area (TPSA) is 92.7 Å². The number of hydrogen-bond donors (Lipinski definition) is 2. The third-order valence-corrected chi connectivity index (χ3v) is 6.93. The smallest absolute Gasteiger partial charge is 0.226 e. The summed E-state index contributed by atoms with van der Waals surface area (Å²) in [6.45, 7) is 6.86. The van der Waals surface area contributed by atoms with E-state index >= 15 is 0 Å². The van der Waals surface area contributed by atoms with Crippen LogP contribution in [-0.4, -0.2) is 32.6 Å². The lowest BCUT2D eigenvalue weighted by Gasteiger charge is -2.09. The molecule has 0 bridgehead atoms. The van der Waals surface area contributed by atoms with Crippen LogP contribution in [-0.2, 0) is 4.79 Å². The summed E-state index contributed by atoms with van der Waals surface area (Å²) >= 11 is 3.09.